The van der Waals surface area contributed by atoms with E-state index in [9.17, 15) is 8.42 Å². The number of halogens is 1. The Morgan fingerprint density at radius 1 is 1.40 bits per heavy atom. The molecule has 0 aliphatic heterocycles. The van der Waals surface area contributed by atoms with E-state index in [2.05, 4.69) is 39.4 Å². The van der Waals surface area contributed by atoms with Crippen LogP contribution in [0.1, 0.15) is 20.3 Å². The molecule has 0 aliphatic carbocycles. The summed E-state index contributed by atoms with van der Waals surface area (Å²) in [5.74, 6) is 0. The number of benzene rings is 1. The molecule has 1 aromatic carbocycles. The fourth-order valence-corrected chi connectivity index (χ4v) is 3.67. The molecule has 1 rings (SSSR count). The van der Waals surface area contributed by atoms with Crippen LogP contribution in [0.4, 0.5) is 5.69 Å². The fourth-order valence-electron chi connectivity index (χ4n) is 1.60. The minimum absolute atomic E-state index is 0.176. The van der Waals surface area contributed by atoms with Crippen LogP contribution in [0.2, 0.25) is 0 Å². The Morgan fingerprint density at radius 3 is 2.65 bits per heavy atom. The predicted octanol–water partition coefficient (Wildman–Crippen LogP) is 2.04. The summed E-state index contributed by atoms with van der Waals surface area (Å²) >= 11 is 3.23. The maximum atomic E-state index is 12.2. The van der Waals surface area contributed by atoms with Crippen molar-refractivity contribution in [2.45, 2.75) is 31.2 Å². The molecule has 0 aliphatic rings. The Bertz CT molecular complexity index is 547. The molecule has 0 saturated heterocycles. The van der Waals surface area contributed by atoms with E-state index in [-0.39, 0.29) is 4.90 Å². The molecule has 114 valence electrons. The molecule has 0 amide bonds. The van der Waals surface area contributed by atoms with Crippen molar-refractivity contribution in [1.82, 2.24) is 9.62 Å². The van der Waals surface area contributed by atoms with E-state index in [1.54, 1.807) is 12.1 Å². The van der Waals surface area contributed by atoms with Gasteiger partial charge in [0.25, 0.3) is 0 Å². The number of nitrogen functional groups attached to an aromatic ring is 1. The largest absolute Gasteiger partial charge is 0.399 e. The third-order valence-corrected chi connectivity index (χ3v) is 5.56. The first-order valence-corrected chi connectivity index (χ1v) is 8.76. The lowest BCUT2D eigenvalue weighted by Gasteiger charge is -2.20. The number of anilines is 1. The summed E-state index contributed by atoms with van der Waals surface area (Å²) in [5.41, 5.74) is 6.06. The molecular weight excluding hydrogens is 342 g/mol. The minimum Gasteiger partial charge on any atom is -0.399 e. The van der Waals surface area contributed by atoms with Crippen molar-refractivity contribution in [3.05, 3.63) is 22.7 Å². The van der Waals surface area contributed by atoms with Gasteiger partial charge in [0.15, 0.2) is 0 Å². The molecule has 0 atom stereocenters. The van der Waals surface area contributed by atoms with Crippen LogP contribution >= 0.6 is 15.9 Å². The highest BCUT2D eigenvalue weighted by molar-refractivity contribution is 9.10. The van der Waals surface area contributed by atoms with Crippen LogP contribution in [0.3, 0.4) is 0 Å². The van der Waals surface area contributed by atoms with E-state index in [1.807, 2.05) is 7.05 Å². The summed E-state index contributed by atoms with van der Waals surface area (Å²) in [6, 6.07) is 5.19. The Hall–Kier alpha value is -0.630. The first kappa shape index (κ1) is 17.4. The van der Waals surface area contributed by atoms with Crippen molar-refractivity contribution in [3.8, 4) is 0 Å². The number of hydrogen-bond donors (Lipinski definition) is 2. The third-order valence-electron chi connectivity index (χ3n) is 3.11. The van der Waals surface area contributed by atoms with E-state index in [4.69, 9.17) is 5.73 Å². The molecule has 20 heavy (non-hydrogen) atoms. The van der Waals surface area contributed by atoms with Gasteiger partial charge in [-0.3, -0.25) is 0 Å². The zero-order valence-electron chi connectivity index (χ0n) is 12.1. The lowest BCUT2D eigenvalue weighted by Crippen LogP contribution is -2.31. The average molecular weight is 364 g/mol. The van der Waals surface area contributed by atoms with Crippen LogP contribution in [-0.4, -0.2) is 39.5 Å². The van der Waals surface area contributed by atoms with Crippen LogP contribution in [0, 0.1) is 0 Å². The average Bonchev–Trinajstić information content (AvgIpc) is 2.37. The van der Waals surface area contributed by atoms with E-state index in [0.717, 1.165) is 13.0 Å². The van der Waals surface area contributed by atoms with Crippen LogP contribution in [0.15, 0.2) is 27.6 Å². The van der Waals surface area contributed by atoms with Gasteiger partial charge in [0.1, 0.15) is 0 Å². The smallest absolute Gasteiger partial charge is 0.241 e. The second-order valence-corrected chi connectivity index (χ2v) is 7.61. The summed E-state index contributed by atoms with van der Waals surface area (Å²) in [6.45, 7) is 5.46. The molecule has 7 heteroatoms. The topological polar surface area (TPSA) is 75.4 Å². The van der Waals surface area contributed by atoms with Gasteiger partial charge in [0.2, 0.25) is 10.0 Å². The van der Waals surface area contributed by atoms with Crippen LogP contribution in [-0.2, 0) is 10.0 Å². The second kappa shape index (κ2) is 7.40. The number of hydrogen-bond acceptors (Lipinski definition) is 4. The van der Waals surface area contributed by atoms with E-state index in [0.29, 0.717) is 22.7 Å². The number of nitrogens with zero attached hydrogens (tertiary/aromatic N) is 1. The quantitative estimate of drug-likeness (QED) is 0.574. The van der Waals surface area contributed by atoms with Crippen molar-refractivity contribution in [1.29, 1.82) is 0 Å². The lowest BCUT2D eigenvalue weighted by atomic mass is 10.3. The first-order chi connectivity index (χ1) is 9.24. The lowest BCUT2D eigenvalue weighted by molar-refractivity contribution is 0.271. The van der Waals surface area contributed by atoms with Gasteiger partial charge >= 0.3 is 0 Å². The van der Waals surface area contributed by atoms with Crippen molar-refractivity contribution >= 4 is 31.6 Å². The zero-order chi connectivity index (χ0) is 15.3. The predicted molar refractivity (Wildman–Crippen MR) is 86.1 cm³/mol. The van der Waals surface area contributed by atoms with Crippen LogP contribution in [0.25, 0.3) is 0 Å². The third kappa shape index (κ3) is 5.05. The molecule has 0 heterocycles. The molecule has 0 spiro atoms. The van der Waals surface area contributed by atoms with Gasteiger partial charge in [-0.2, -0.15) is 0 Å². The highest BCUT2D eigenvalue weighted by Crippen LogP contribution is 2.23. The fraction of sp³-hybridized carbons (Fsp3) is 0.538. The highest BCUT2D eigenvalue weighted by atomic mass is 79.9. The number of nitrogens with one attached hydrogen (secondary N) is 1. The molecule has 0 fully saturated rings. The molecule has 0 bridgehead atoms. The van der Waals surface area contributed by atoms with E-state index < -0.39 is 10.0 Å². The van der Waals surface area contributed by atoms with Crippen LogP contribution < -0.4 is 10.5 Å². The molecule has 1 aromatic rings. The molecule has 0 saturated carbocycles. The summed E-state index contributed by atoms with van der Waals surface area (Å²) in [6.07, 6.45) is 0.758. The van der Waals surface area contributed by atoms with Gasteiger partial charge in [-0.25, -0.2) is 13.1 Å². The van der Waals surface area contributed by atoms with Crippen molar-refractivity contribution < 1.29 is 8.42 Å². The highest BCUT2D eigenvalue weighted by Gasteiger charge is 2.17. The molecule has 0 radical (unpaired) electrons. The summed E-state index contributed by atoms with van der Waals surface area (Å²) in [7, 11) is -1.51. The van der Waals surface area contributed by atoms with Crippen LogP contribution in [0.5, 0.6) is 0 Å². The second-order valence-electron chi connectivity index (χ2n) is 5.02. The number of sulfonamides is 1. The summed E-state index contributed by atoms with van der Waals surface area (Å²) in [4.78, 5) is 2.35. The minimum atomic E-state index is -3.53. The summed E-state index contributed by atoms with van der Waals surface area (Å²) < 4.78 is 27.5. The van der Waals surface area contributed by atoms with Gasteiger partial charge in [-0.05, 0) is 68.0 Å². The first-order valence-electron chi connectivity index (χ1n) is 6.49. The Morgan fingerprint density at radius 2 is 2.05 bits per heavy atom. The van der Waals surface area contributed by atoms with Gasteiger partial charge < -0.3 is 10.6 Å². The van der Waals surface area contributed by atoms with E-state index in [1.165, 1.54) is 6.07 Å². The van der Waals surface area contributed by atoms with Gasteiger partial charge in [0.05, 0.1) is 4.90 Å². The number of nitrogens with two attached hydrogens (primary N) is 1. The zero-order valence-corrected chi connectivity index (χ0v) is 14.5. The monoisotopic (exact) mass is 363 g/mol. The Labute approximate surface area is 129 Å². The molecule has 3 N–H and O–H groups in total. The standard InChI is InChI=1S/C13H22BrN3O2S/c1-10(2)17(3)8-4-7-16-20(18,19)13-9-11(15)5-6-12(13)14/h5-6,9-10,16H,4,7-8,15H2,1-3H3. The Balaban J connectivity index is 2.60. The van der Waals surface area contributed by atoms with Crippen molar-refractivity contribution in [2.24, 2.45) is 0 Å². The van der Waals surface area contributed by atoms with Gasteiger partial charge in [0, 0.05) is 22.7 Å². The molecule has 0 unspecified atom stereocenters. The van der Waals surface area contributed by atoms with E-state index >= 15 is 0 Å². The maximum absolute atomic E-state index is 12.2. The maximum Gasteiger partial charge on any atom is 0.241 e. The van der Waals surface area contributed by atoms with Gasteiger partial charge in [-0.15, -0.1) is 0 Å². The van der Waals surface area contributed by atoms with Gasteiger partial charge in [-0.1, -0.05) is 0 Å². The SMILES string of the molecule is CC(C)N(C)CCCNS(=O)(=O)c1cc(N)ccc1Br. The molecular formula is C13H22BrN3O2S. The van der Waals surface area contributed by atoms with Crippen molar-refractivity contribution in [2.75, 3.05) is 25.9 Å². The number of rotatable bonds is 7. The van der Waals surface area contributed by atoms with Crippen molar-refractivity contribution in [3.63, 3.8) is 0 Å². The molecule has 5 nitrogen and oxygen atoms in total. The summed E-state index contributed by atoms with van der Waals surface area (Å²) in [5, 5.41) is 0. The Kier molecular flexibility index (Phi) is 6.44. The molecule has 0 aromatic heterocycles. The normalized spacial score (nSPS) is 12.3.